The first-order valence-electron chi connectivity index (χ1n) is 29.9. The largest absolute Gasteiger partial charge is 0.462 e. The van der Waals surface area contributed by atoms with Crippen LogP contribution in [0.2, 0.25) is 0 Å². The van der Waals surface area contributed by atoms with E-state index in [1.54, 1.807) is 0 Å². The molecule has 0 saturated carbocycles. The number of carbonyl (C=O) groups excluding carboxylic acids is 3. The van der Waals surface area contributed by atoms with Crippen molar-refractivity contribution >= 4 is 17.9 Å². The van der Waals surface area contributed by atoms with Gasteiger partial charge < -0.3 is 14.2 Å². The molecule has 404 valence electrons. The lowest BCUT2D eigenvalue weighted by atomic mass is 10.0. The predicted molar refractivity (Wildman–Crippen MR) is 302 cm³/mol. The van der Waals surface area contributed by atoms with Crippen molar-refractivity contribution in [3.05, 3.63) is 72.9 Å². The standard InChI is InChI=1S/C64H112O6/c1-4-7-10-13-16-19-22-25-28-31-34-36-39-42-45-48-51-54-57-63(66)69-60-61(70-64(67)58-55-52-49-46-43-40-37-33-30-27-24-21-18-15-12-9-6-3)59-68-62(65)56-53-50-47-44-41-38-35-32-29-26-23-20-17-14-11-8-5-2/h9,12,18,21,27,30,34,36-37,40,46,49,61H,4-8,10-11,13-17,19-20,22-26,28-29,31-33,35,38-39,41-45,47-48,50-60H2,1-3H3/b12-9-,21-18-,30-27-,36-34-,40-37-,49-46-. The summed E-state index contributed by atoms with van der Waals surface area (Å²) in [7, 11) is 0. The lowest BCUT2D eigenvalue weighted by molar-refractivity contribution is -0.167. The molecule has 0 radical (unpaired) electrons. The number of esters is 3. The zero-order valence-corrected chi connectivity index (χ0v) is 46.3. The Labute approximate surface area is 433 Å². The van der Waals surface area contributed by atoms with E-state index in [2.05, 4.69) is 93.7 Å². The lowest BCUT2D eigenvalue weighted by Gasteiger charge is -2.18. The second kappa shape index (κ2) is 58.4. The third-order valence-electron chi connectivity index (χ3n) is 12.9. The van der Waals surface area contributed by atoms with Crippen LogP contribution in [0.4, 0.5) is 0 Å². The third kappa shape index (κ3) is 55.8. The van der Waals surface area contributed by atoms with Gasteiger partial charge in [0, 0.05) is 19.3 Å². The second-order valence-corrected chi connectivity index (χ2v) is 19.9. The van der Waals surface area contributed by atoms with Crippen molar-refractivity contribution in [2.75, 3.05) is 13.2 Å². The zero-order chi connectivity index (χ0) is 50.7. The summed E-state index contributed by atoms with van der Waals surface area (Å²) in [5.41, 5.74) is 0. The number of unbranched alkanes of at least 4 members (excludes halogenated alkanes) is 31. The maximum atomic E-state index is 12.8. The molecule has 0 aromatic carbocycles. The summed E-state index contributed by atoms with van der Waals surface area (Å²) >= 11 is 0. The second-order valence-electron chi connectivity index (χ2n) is 19.9. The quantitative estimate of drug-likeness (QED) is 0.0261. The molecule has 0 fully saturated rings. The Kier molecular flexibility index (Phi) is 55.8. The van der Waals surface area contributed by atoms with Crippen molar-refractivity contribution in [1.29, 1.82) is 0 Å². The number of allylic oxidation sites excluding steroid dienone is 12. The van der Waals surface area contributed by atoms with Crippen molar-refractivity contribution in [2.24, 2.45) is 0 Å². The fourth-order valence-corrected chi connectivity index (χ4v) is 8.47. The fourth-order valence-electron chi connectivity index (χ4n) is 8.47. The Morgan fingerprint density at radius 3 is 0.929 bits per heavy atom. The van der Waals surface area contributed by atoms with Gasteiger partial charge in [-0.3, -0.25) is 14.4 Å². The number of rotatable bonds is 54. The first-order valence-corrected chi connectivity index (χ1v) is 29.9. The Hall–Kier alpha value is -3.15. The van der Waals surface area contributed by atoms with E-state index in [1.807, 2.05) is 0 Å². The summed E-state index contributed by atoms with van der Waals surface area (Å²) in [4.78, 5) is 38.2. The van der Waals surface area contributed by atoms with E-state index in [0.717, 1.165) is 83.5 Å². The van der Waals surface area contributed by atoms with E-state index in [9.17, 15) is 14.4 Å². The van der Waals surface area contributed by atoms with E-state index < -0.39 is 6.10 Å². The van der Waals surface area contributed by atoms with Crippen LogP contribution in [0, 0.1) is 0 Å². The molecule has 0 aliphatic rings. The van der Waals surface area contributed by atoms with Gasteiger partial charge in [0.05, 0.1) is 0 Å². The first-order chi connectivity index (χ1) is 34.5. The van der Waals surface area contributed by atoms with Crippen LogP contribution >= 0.6 is 0 Å². The Morgan fingerprint density at radius 1 is 0.300 bits per heavy atom. The highest BCUT2D eigenvalue weighted by Gasteiger charge is 2.19. The van der Waals surface area contributed by atoms with Crippen LogP contribution in [-0.4, -0.2) is 37.2 Å². The maximum absolute atomic E-state index is 12.8. The van der Waals surface area contributed by atoms with Crippen LogP contribution in [0.25, 0.3) is 0 Å². The molecule has 0 bridgehead atoms. The van der Waals surface area contributed by atoms with Gasteiger partial charge in [0.25, 0.3) is 0 Å². The van der Waals surface area contributed by atoms with Crippen molar-refractivity contribution in [2.45, 2.75) is 303 Å². The molecule has 0 saturated heterocycles. The molecule has 0 amide bonds. The van der Waals surface area contributed by atoms with Gasteiger partial charge in [-0.2, -0.15) is 0 Å². The van der Waals surface area contributed by atoms with Crippen LogP contribution < -0.4 is 0 Å². The summed E-state index contributed by atoms with van der Waals surface area (Å²) in [6, 6.07) is 0. The van der Waals surface area contributed by atoms with Crippen LogP contribution in [0.1, 0.15) is 297 Å². The topological polar surface area (TPSA) is 78.9 Å². The first kappa shape index (κ1) is 66.9. The smallest absolute Gasteiger partial charge is 0.306 e. The Balaban J connectivity index is 4.45. The molecule has 0 spiro atoms. The normalized spacial score (nSPS) is 12.6. The van der Waals surface area contributed by atoms with Crippen LogP contribution in [0.15, 0.2) is 72.9 Å². The molecule has 0 heterocycles. The SMILES string of the molecule is CC/C=C\C/C=C\C/C=C\C/C=C\C/C=C\CCCC(=O)OC(COC(=O)CCCCCCC/C=C\CCCCCCCCCCC)COC(=O)CCCCCCCCCCCCCCCCCCC. The minimum Gasteiger partial charge on any atom is -0.462 e. The van der Waals surface area contributed by atoms with Crippen molar-refractivity contribution in [1.82, 2.24) is 0 Å². The van der Waals surface area contributed by atoms with Gasteiger partial charge in [-0.25, -0.2) is 0 Å². The number of hydrogen-bond donors (Lipinski definition) is 0. The highest BCUT2D eigenvalue weighted by atomic mass is 16.6. The Morgan fingerprint density at radius 2 is 0.571 bits per heavy atom. The minimum absolute atomic E-state index is 0.0980. The van der Waals surface area contributed by atoms with Gasteiger partial charge in [-0.15, -0.1) is 0 Å². The highest BCUT2D eigenvalue weighted by molar-refractivity contribution is 5.71. The average molecular weight is 978 g/mol. The van der Waals surface area contributed by atoms with Crippen LogP contribution in [-0.2, 0) is 28.6 Å². The van der Waals surface area contributed by atoms with Gasteiger partial charge in [0.1, 0.15) is 13.2 Å². The molecule has 6 heteroatoms. The summed E-state index contributed by atoms with van der Waals surface area (Å²) < 4.78 is 16.8. The summed E-state index contributed by atoms with van der Waals surface area (Å²) in [6.07, 6.45) is 74.7. The van der Waals surface area contributed by atoms with Gasteiger partial charge in [-0.1, -0.05) is 267 Å². The average Bonchev–Trinajstić information content (AvgIpc) is 3.36. The summed E-state index contributed by atoms with van der Waals surface area (Å²) in [5, 5.41) is 0. The molecule has 0 N–H and O–H groups in total. The van der Waals surface area contributed by atoms with Crippen molar-refractivity contribution in [3.63, 3.8) is 0 Å². The van der Waals surface area contributed by atoms with E-state index in [4.69, 9.17) is 14.2 Å². The summed E-state index contributed by atoms with van der Waals surface area (Å²) in [5.74, 6) is -0.953. The summed E-state index contributed by atoms with van der Waals surface area (Å²) in [6.45, 7) is 6.51. The predicted octanol–water partition coefficient (Wildman–Crippen LogP) is 20.2. The number of carbonyl (C=O) groups is 3. The molecule has 1 atom stereocenters. The Bertz CT molecular complexity index is 1310. The molecule has 0 aromatic rings. The number of hydrogen-bond acceptors (Lipinski definition) is 6. The van der Waals surface area contributed by atoms with Crippen molar-refractivity contribution < 1.29 is 28.6 Å². The third-order valence-corrected chi connectivity index (χ3v) is 12.9. The van der Waals surface area contributed by atoms with Gasteiger partial charge in [0.2, 0.25) is 0 Å². The van der Waals surface area contributed by atoms with Crippen molar-refractivity contribution in [3.8, 4) is 0 Å². The lowest BCUT2D eigenvalue weighted by Crippen LogP contribution is -2.30. The van der Waals surface area contributed by atoms with E-state index >= 15 is 0 Å². The highest BCUT2D eigenvalue weighted by Crippen LogP contribution is 2.16. The molecule has 0 aromatic heterocycles. The molecule has 0 aliphatic carbocycles. The van der Waals surface area contributed by atoms with Gasteiger partial charge >= 0.3 is 17.9 Å². The molecule has 0 rings (SSSR count). The molecule has 6 nitrogen and oxygen atoms in total. The zero-order valence-electron chi connectivity index (χ0n) is 46.3. The van der Waals surface area contributed by atoms with Gasteiger partial charge in [0.15, 0.2) is 6.10 Å². The minimum atomic E-state index is -0.807. The molecule has 1 unspecified atom stereocenters. The van der Waals surface area contributed by atoms with Crippen LogP contribution in [0.5, 0.6) is 0 Å². The van der Waals surface area contributed by atoms with E-state index in [0.29, 0.717) is 19.3 Å². The molecule has 0 aliphatic heterocycles. The van der Waals surface area contributed by atoms with Gasteiger partial charge in [-0.05, 0) is 83.5 Å². The number of ether oxygens (including phenoxy) is 3. The van der Waals surface area contributed by atoms with E-state index in [-0.39, 0.29) is 37.5 Å². The maximum Gasteiger partial charge on any atom is 0.306 e. The molecular formula is C64H112O6. The monoisotopic (exact) mass is 977 g/mol. The van der Waals surface area contributed by atoms with Crippen LogP contribution in [0.3, 0.4) is 0 Å². The van der Waals surface area contributed by atoms with E-state index in [1.165, 1.54) is 167 Å². The molecule has 70 heavy (non-hydrogen) atoms. The fraction of sp³-hybridized carbons (Fsp3) is 0.766. The molecular weight excluding hydrogens is 865 g/mol.